The molecule has 21 heavy (non-hydrogen) atoms. The van der Waals surface area contributed by atoms with Crippen molar-refractivity contribution in [1.29, 1.82) is 10.7 Å². The lowest BCUT2D eigenvalue weighted by Crippen LogP contribution is -2.22. The lowest BCUT2D eigenvalue weighted by molar-refractivity contribution is 0.202. The number of hydrogen-bond donors (Lipinski definition) is 3. The van der Waals surface area contributed by atoms with Crippen molar-refractivity contribution in [3.63, 3.8) is 0 Å². The minimum absolute atomic E-state index is 0.00493. The van der Waals surface area contributed by atoms with E-state index < -0.39 is 11.7 Å². The molecule has 0 saturated heterocycles. The quantitative estimate of drug-likeness (QED) is 0.439. The Morgan fingerprint density at radius 3 is 2.81 bits per heavy atom. The van der Waals surface area contributed by atoms with Crippen molar-refractivity contribution in [3.05, 3.63) is 24.0 Å². The van der Waals surface area contributed by atoms with Gasteiger partial charge in [0.05, 0.1) is 6.10 Å². The first kappa shape index (κ1) is 14.8. The molecule has 0 radical (unpaired) electrons. The summed E-state index contributed by atoms with van der Waals surface area (Å²) in [7, 11) is 0. The maximum atomic E-state index is 13.9. The standard InChI is InChI=1S/C14H16FN5O/c15-10-6-3-7-11(19-20-12(8-16)14(17)18)13(10)21-9-4-1-2-5-9/h3,6-7,9,19H,1-2,4-5H2,(H3,17,18)/b20-12+. The molecule has 0 atom stereocenters. The maximum Gasteiger partial charge on any atom is 0.201 e. The lowest BCUT2D eigenvalue weighted by Gasteiger charge is -2.16. The van der Waals surface area contributed by atoms with E-state index in [2.05, 4.69) is 10.5 Å². The molecule has 0 aliphatic heterocycles. The van der Waals surface area contributed by atoms with Crippen molar-refractivity contribution in [2.45, 2.75) is 31.8 Å². The van der Waals surface area contributed by atoms with Gasteiger partial charge in [0.15, 0.2) is 17.4 Å². The molecule has 0 amide bonds. The van der Waals surface area contributed by atoms with Crippen LogP contribution in [-0.2, 0) is 0 Å². The smallest absolute Gasteiger partial charge is 0.201 e. The minimum atomic E-state index is -0.497. The van der Waals surface area contributed by atoms with Gasteiger partial charge in [-0.3, -0.25) is 10.8 Å². The third-order valence-electron chi connectivity index (χ3n) is 3.20. The molecule has 7 heteroatoms. The van der Waals surface area contributed by atoms with Crippen molar-refractivity contribution in [2.75, 3.05) is 5.43 Å². The van der Waals surface area contributed by atoms with Crippen LogP contribution in [0.3, 0.4) is 0 Å². The number of nitrogens with two attached hydrogens (primary N) is 1. The van der Waals surface area contributed by atoms with Gasteiger partial charge in [0.2, 0.25) is 5.71 Å². The monoisotopic (exact) mass is 289 g/mol. The van der Waals surface area contributed by atoms with Crippen LogP contribution in [0.4, 0.5) is 10.1 Å². The van der Waals surface area contributed by atoms with E-state index in [1.165, 1.54) is 12.1 Å². The van der Waals surface area contributed by atoms with E-state index in [4.69, 9.17) is 21.1 Å². The first-order chi connectivity index (χ1) is 10.1. The zero-order valence-electron chi connectivity index (χ0n) is 11.4. The van der Waals surface area contributed by atoms with E-state index in [-0.39, 0.29) is 17.6 Å². The van der Waals surface area contributed by atoms with Gasteiger partial charge in [0.1, 0.15) is 11.8 Å². The third kappa shape index (κ3) is 3.69. The second-order valence-electron chi connectivity index (χ2n) is 4.74. The van der Waals surface area contributed by atoms with Gasteiger partial charge in [-0.05, 0) is 37.8 Å². The SMILES string of the molecule is N#C/C(=N\Nc1cccc(F)c1OC1CCCC1)C(=N)N. The largest absolute Gasteiger partial charge is 0.485 e. The molecule has 0 heterocycles. The molecule has 4 N–H and O–H groups in total. The van der Waals surface area contributed by atoms with E-state index in [1.807, 2.05) is 0 Å². The third-order valence-corrected chi connectivity index (χ3v) is 3.20. The first-order valence-corrected chi connectivity index (χ1v) is 6.65. The molecule has 6 nitrogen and oxygen atoms in total. The van der Waals surface area contributed by atoms with Gasteiger partial charge < -0.3 is 10.5 Å². The number of halogens is 1. The molecule has 0 bridgehead atoms. The minimum Gasteiger partial charge on any atom is -0.485 e. The normalized spacial score (nSPS) is 15.5. The zero-order chi connectivity index (χ0) is 15.2. The number of anilines is 1. The number of hydrogen-bond acceptors (Lipinski definition) is 5. The molecule has 0 aromatic heterocycles. The summed E-state index contributed by atoms with van der Waals surface area (Å²) in [6, 6.07) is 6.08. The summed E-state index contributed by atoms with van der Waals surface area (Å²) >= 11 is 0. The number of nitriles is 1. The highest BCUT2D eigenvalue weighted by Crippen LogP contribution is 2.32. The topological polar surface area (TPSA) is 107 Å². The van der Waals surface area contributed by atoms with E-state index in [9.17, 15) is 4.39 Å². The number of amidine groups is 1. The molecule has 1 aliphatic rings. The molecule has 0 spiro atoms. The number of rotatable bonds is 5. The molecule has 0 unspecified atom stereocenters. The van der Waals surface area contributed by atoms with Crippen LogP contribution in [0, 0.1) is 22.6 Å². The predicted molar refractivity (Wildman–Crippen MR) is 77.9 cm³/mol. The molecular formula is C14H16FN5O. The van der Waals surface area contributed by atoms with Gasteiger partial charge in [-0.2, -0.15) is 10.4 Å². The molecule has 1 aromatic rings. The Bertz CT molecular complexity index is 602. The van der Waals surface area contributed by atoms with Crippen LogP contribution < -0.4 is 15.9 Å². The molecule has 110 valence electrons. The van der Waals surface area contributed by atoms with Crippen LogP contribution in [0.5, 0.6) is 5.75 Å². The van der Waals surface area contributed by atoms with Crippen LogP contribution in [0.2, 0.25) is 0 Å². The van der Waals surface area contributed by atoms with Crippen LogP contribution in [0.25, 0.3) is 0 Å². The fraction of sp³-hybridized carbons (Fsp3) is 0.357. The lowest BCUT2D eigenvalue weighted by atomic mass is 10.2. The Kier molecular flexibility index (Phi) is 4.72. The molecule has 1 saturated carbocycles. The number of para-hydroxylation sites is 1. The molecule has 1 aromatic carbocycles. The molecule has 1 fully saturated rings. The summed E-state index contributed by atoms with van der Waals surface area (Å²) in [5, 5.41) is 19.7. The van der Waals surface area contributed by atoms with Crippen molar-refractivity contribution in [2.24, 2.45) is 10.8 Å². The van der Waals surface area contributed by atoms with Crippen LogP contribution in [0.1, 0.15) is 25.7 Å². The Morgan fingerprint density at radius 2 is 2.19 bits per heavy atom. The van der Waals surface area contributed by atoms with Crippen molar-refractivity contribution >= 4 is 17.2 Å². The predicted octanol–water partition coefficient (Wildman–Crippen LogP) is 2.37. The number of nitrogens with one attached hydrogen (secondary N) is 2. The Hall–Kier alpha value is -2.62. The van der Waals surface area contributed by atoms with Crippen molar-refractivity contribution in [1.82, 2.24) is 0 Å². The van der Waals surface area contributed by atoms with E-state index in [1.54, 1.807) is 12.1 Å². The van der Waals surface area contributed by atoms with E-state index in [0.29, 0.717) is 5.69 Å². The number of hydrazone groups is 1. The highest BCUT2D eigenvalue weighted by atomic mass is 19.1. The van der Waals surface area contributed by atoms with Crippen molar-refractivity contribution < 1.29 is 9.13 Å². The van der Waals surface area contributed by atoms with Gasteiger partial charge in [-0.15, -0.1) is 0 Å². The molecule has 2 rings (SSSR count). The van der Waals surface area contributed by atoms with Gasteiger partial charge in [0.25, 0.3) is 0 Å². The van der Waals surface area contributed by atoms with Gasteiger partial charge in [0, 0.05) is 0 Å². The fourth-order valence-electron chi connectivity index (χ4n) is 2.15. The highest BCUT2D eigenvalue weighted by Gasteiger charge is 2.20. The van der Waals surface area contributed by atoms with Crippen LogP contribution >= 0.6 is 0 Å². The summed E-state index contributed by atoms with van der Waals surface area (Å²) in [4.78, 5) is 0. The van der Waals surface area contributed by atoms with Crippen LogP contribution in [0.15, 0.2) is 23.3 Å². The maximum absolute atomic E-state index is 13.9. The van der Waals surface area contributed by atoms with E-state index >= 15 is 0 Å². The second kappa shape index (κ2) is 6.70. The average Bonchev–Trinajstić information content (AvgIpc) is 2.95. The summed E-state index contributed by atoms with van der Waals surface area (Å²) in [5.74, 6) is -0.878. The number of ether oxygens (including phenoxy) is 1. The Labute approximate surface area is 121 Å². The number of benzene rings is 1. The summed E-state index contributed by atoms with van der Waals surface area (Å²) in [6.07, 6.45) is 3.93. The highest BCUT2D eigenvalue weighted by molar-refractivity contribution is 6.45. The second-order valence-corrected chi connectivity index (χ2v) is 4.74. The molecular weight excluding hydrogens is 273 g/mol. The van der Waals surface area contributed by atoms with Gasteiger partial charge in [-0.25, -0.2) is 4.39 Å². The fourth-order valence-corrected chi connectivity index (χ4v) is 2.15. The average molecular weight is 289 g/mol. The van der Waals surface area contributed by atoms with E-state index in [0.717, 1.165) is 25.7 Å². The summed E-state index contributed by atoms with van der Waals surface area (Å²) < 4.78 is 19.6. The Morgan fingerprint density at radius 1 is 1.48 bits per heavy atom. The zero-order valence-corrected chi connectivity index (χ0v) is 11.4. The molecule has 1 aliphatic carbocycles. The summed E-state index contributed by atoms with van der Waals surface area (Å²) in [5.41, 5.74) is 7.77. The van der Waals surface area contributed by atoms with Crippen molar-refractivity contribution in [3.8, 4) is 11.8 Å². The van der Waals surface area contributed by atoms with Gasteiger partial charge in [-0.1, -0.05) is 6.07 Å². The van der Waals surface area contributed by atoms with Crippen LogP contribution in [-0.4, -0.2) is 17.7 Å². The summed E-state index contributed by atoms with van der Waals surface area (Å²) in [6.45, 7) is 0. The Balaban J connectivity index is 2.21. The number of nitrogens with zero attached hydrogens (tertiary/aromatic N) is 2. The van der Waals surface area contributed by atoms with Gasteiger partial charge >= 0.3 is 0 Å². The first-order valence-electron chi connectivity index (χ1n) is 6.65.